The van der Waals surface area contributed by atoms with Gasteiger partial charge in [-0.15, -0.1) is 0 Å². The number of fused-ring (bicyclic) bond motifs is 4. The lowest BCUT2D eigenvalue weighted by Crippen LogP contribution is -2.29. The maximum atomic E-state index is 15.1. The molecule has 168 valence electrons. The number of ether oxygens (including phenoxy) is 2. The predicted octanol–water partition coefficient (Wildman–Crippen LogP) is 7.46. The Morgan fingerprint density at radius 3 is 2.45 bits per heavy atom. The molecule has 2 aromatic rings. The fraction of sp³-hybridized carbons (Fsp3) is 0.538. The third-order valence-corrected chi connectivity index (χ3v) is 6.52. The third kappa shape index (κ3) is 4.34. The molecule has 0 spiro atoms. The van der Waals surface area contributed by atoms with Crippen LogP contribution in [0.4, 0.5) is 13.2 Å². The summed E-state index contributed by atoms with van der Waals surface area (Å²) in [6, 6.07) is 4.98. The molecule has 0 N–H and O–H groups in total. The zero-order valence-electron chi connectivity index (χ0n) is 18.4. The standard InChI is InChI=1S/C26H31F3O2/c1-3-5-6-8-18-10-9-16(14-30-18)15-31-21-12-11-19-20-13-17(7-4-2)24(27)26(29)23(20)22(19)25(21)28/h11-13,16,18H,3-10,14-15H2,1-2H3. The first-order chi connectivity index (χ1) is 15.0. The van der Waals surface area contributed by atoms with E-state index in [2.05, 4.69) is 6.92 Å². The Balaban J connectivity index is 1.40. The summed E-state index contributed by atoms with van der Waals surface area (Å²) in [5.74, 6) is -2.14. The van der Waals surface area contributed by atoms with Crippen molar-refractivity contribution < 1.29 is 22.6 Å². The highest BCUT2D eigenvalue weighted by Crippen LogP contribution is 2.52. The second kappa shape index (κ2) is 9.64. The summed E-state index contributed by atoms with van der Waals surface area (Å²) in [5.41, 5.74) is 1.70. The summed E-state index contributed by atoms with van der Waals surface area (Å²) in [7, 11) is 0. The zero-order chi connectivity index (χ0) is 22.0. The predicted molar refractivity (Wildman–Crippen MR) is 117 cm³/mol. The van der Waals surface area contributed by atoms with Gasteiger partial charge in [-0.1, -0.05) is 39.5 Å². The zero-order valence-corrected chi connectivity index (χ0v) is 18.4. The van der Waals surface area contributed by atoms with Crippen molar-refractivity contribution >= 4 is 0 Å². The van der Waals surface area contributed by atoms with E-state index in [1.165, 1.54) is 19.3 Å². The van der Waals surface area contributed by atoms with E-state index in [0.717, 1.165) is 19.3 Å². The Morgan fingerprint density at radius 1 is 0.935 bits per heavy atom. The van der Waals surface area contributed by atoms with Crippen LogP contribution in [0.1, 0.15) is 64.4 Å². The lowest BCUT2D eigenvalue weighted by atomic mass is 9.78. The Kier molecular flexibility index (Phi) is 6.90. The van der Waals surface area contributed by atoms with Gasteiger partial charge in [0.1, 0.15) is 0 Å². The third-order valence-electron chi connectivity index (χ3n) is 6.52. The maximum absolute atomic E-state index is 15.1. The normalized spacial score (nSPS) is 19.5. The molecule has 31 heavy (non-hydrogen) atoms. The van der Waals surface area contributed by atoms with Crippen LogP contribution in [0.5, 0.6) is 5.75 Å². The van der Waals surface area contributed by atoms with E-state index < -0.39 is 17.5 Å². The summed E-state index contributed by atoms with van der Waals surface area (Å²) >= 11 is 0. The first kappa shape index (κ1) is 22.2. The molecule has 5 heteroatoms. The summed E-state index contributed by atoms with van der Waals surface area (Å²) in [6.07, 6.45) is 8.22. The van der Waals surface area contributed by atoms with Crippen LogP contribution in [0.3, 0.4) is 0 Å². The first-order valence-electron chi connectivity index (χ1n) is 11.6. The SMILES string of the molecule is CCCCCC1CCC(COc2ccc3c(c2F)-c2c-3cc(CCC)c(F)c2F)CO1. The van der Waals surface area contributed by atoms with Crippen LogP contribution in [0.2, 0.25) is 0 Å². The molecule has 0 aromatic heterocycles. The maximum Gasteiger partial charge on any atom is 0.173 e. The molecule has 2 atom stereocenters. The van der Waals surface area contributed by atoms with Crippen LogP contribution in [-0.2, 0) is 11.2 Å². The van der Waals surface area contributed by atoms with Crippen molar-refractivity contribution in [3.8, 4) is 28.0 Å². The molecule has 2 unspecified atom stereocenters. The van der Waals surface area contributed by atoms with Crippen LogP contribution < -0.4 is 4.74 Å². The molecular formula is C26H31F3O2. The monoisotopic (exact) mass is 432 g/mol. The lowest BCUT2D eigenvalue weighted by Gasteiger charge is -2.30. The average molecular weight is 433 g/mol. The van der Waals surface area contributed by atoms with Crippen molar-refractivity contribution in [1.82, 2.24) is 0 Å². The molecule has 0 bridgehead atoms. The quantitative estimate of drug-likeness (QED) is 0.327. The second-order valence-electron chi connectivity index (χ2n) is 8.84. The van der Waals surface area contributed by atoms with Crippen LogP contribution in [0, 0.1) is 23.4 Å². The number of hydrogen-bond acceptors (Lipinski definition) is 2. The van der Waals surface area contributed by atoms with Gasteiger partial charge < -0.3 is 9.47 Å². The molecular weight excluding hydrogens is 401 g/mol. The van der Waals surface area contributed by atoms with Gasteiger partial charge in [0.25, 0.3) is 0 Å². The summed E-state index contributed by atoms with van der Waals surface area (Å²) in [5, 5.41) is 0. The van der Waals surface area contributed by atoms with Crippen LogP contribution in [-0.4, -0.2) is 19.3 Å². The van der Waals surface area contributed by atoms with Crippen molar-refractivity contribution in [1.29, 1.82) is 0 Å². The molecule has 2 aliphatic rings. The molecule has 2 aromatic carbocycles. The van der Waals surface area contributed by atoms with Gasteiger partial charge in [0.05, 0.1) is 19.3 Å². The second-order valence-corrected chi connectivity index (χ2v) is 8.84. The molecule has 4 rings (SSSR count). The van der Waals surface area contributed by atoms with Gasteiger partial charge in [0, 0.05) is 17.0 Å². The smallest absolute Gasteiger partial charge is 0.173 e. The van der Waals surface area contributed by atoms with Crippen molar-refractivity contribution in [2.24, 2.45) is 5.92 Å². The minimum absolute atomic E-state index is 0.0335. The summed E-state index contributed by atoms with van der Waals surface area (Å²) in [4.78, 5) is 0. The Hall–Kier alpha value is -2.01. The highest BCUT2D eigenvalue weighted by molar-refractivity contribution is 6.03. The van der Waals surface area contributed by atoms with E-state index in [1.807, 2.05) is 6.92 Å². The number of unbranched alkanes of at least 4 members (excludes halogenated alkanes) is 2. The fourth-order valence-corrected chi connectivity index (χ4v) is 4.71. The van der Waals surface area contributed by atoms with Gasteiger partial charge in [-0.3, -0.25) is 0 Å². The van der Waals surface area contributed by atoms with Crippen molar-refractivity contribution in [2.75, 3.05) is 13.2 Å². The van der Waals surface area contributed by atoms with E-state index in [-0.39, 0.29) is 22.8 Å². The molecule has 2 nitrogen and oxygen atoms in total. The van der Waals surface area contributed by atoms with Gasteiger partial charge in [0.2, 0.25) is 0 Å². The largest absolute Gasteiger partial charge is 0.490 e. The molecule has 0 radical (unpaired) electrons. The van der Waals surface area contributed by atoms with Gasteiger partial charge in [0.15, 0.2) is 23.2 Å². The topological polar surface area (TPSA) is 18.5 Å². The van der Waals surface area contributed by atoms with Gasteiger partial charge in [-0.2, -0.15) is 0 Å². The van der Waals surface area contributed by atoms with Crippen molar-refractivity contribution in [3.63, 3.8) is 0 Å². The highest BCUT2D eigenvalue weighted by atomic mass is 19.2. The highest BCUT2D eigenvalue weighted by Gasteiger charge is 2.34. The first-order valence-corrected chi connectivity index (χ1v) is 11.6. The van der Waals surface area contributed by atoms with Crippen molar-refractivity contribution in [3.05, 3.63) is 41.2 Å². The Morgan fingerprint density at radius 2 is 1.74 bits per heavy atom. The van der Waals surface area contributed by atoms with Gasteiger partial charge in [-0.25, -0.2) is 13.2 Å². The number of benzene rings is 2. The molecule has 1 fully saturated rings. The van der Waals surface area contributed by atoms with Crippen LogP contribution in [0.15, 0.2) is 18.2 Å². The Labute approximate surface area is 182 Å². The van der Waals surface area contributed by atoms with Crippen LogP contribution in [0.25, 0.3) is 22.3 Å². The lowest BCUT2D eigenvalue weighted by molar-refractivity contribution is -0.0317. The molecule has 1 aliphatic heterocycles. The number of hydrogen-bond donors (Lipinski definition) is 0. The number of aryl methyl sites for hydroxylation is 1. The fourth-order valence-electron chi connectivity index (χ4n) is 4.71. The molecule has 0 amide bonds. The van der Waals surface area contributed by atoms with Gasteiger partial charge >= 0.3 is 0 Å². The van der Waals surface area contributed by atoms with Gasteiger partial charge in [-0.05, 0) is 60.6 Å². The molecule has 1 heterocycles. The number of rotatable bonds is 9. The summed E-state index contributed by atoms with van der Waals surface area (Å²) in [6.45, 7) is 5.08. The number of halogens is 3. The average Bonchev–Trinajstić information content (AvgIpc) is 2.76. The van der Waals surface area contributed by atoms with E-state index in [0.29, 0.717) is 48.8 Å². The minimum atomic E-state index is -0.959. The van der Waals surface area contributed by atoms with Crippen LogP contribution >= 0.6 is 0 Å². The van der Waals surface area contributed by atoms with E-state index >= 15 is 4.39 Å². The molecule has 0 saturated carbocycles. The van der Waals surface area contributed by atoms with E-state index in [4.69, 9.17) is 9.47 Å². The summed E-state index contributed by atoms with van der Waals surface area (Å²) < 4.78 is 55.8. The van der Waals surface area contributed by atoms with E-state index in [9.17, 15) is 8.78 Å². The van der Waals surface area contributed by atoms with E-state index in [1.54, 1.807) is 18.2 Å². The van der Waals surface area contributed by atoms with Crippen molar-refractivity contribution in [2.45, 2.75) is 71.3 Å². The molecule has 1 saturated heterocycles. The minimum Gasteiger partial charge on any atom is -0.490 e. The molecule has 1 aliphatic carbocycles. The Bertz CT molecular complexity index is 933.